The molecule has 0 bridgehead atoms. The fourth-order valence-electron chi connectivity index (χ4n) is 1.94. The van der Waals surface area contributed by atoms with Gasteiger partial charge < -0.3 is 10.6 Å². The molecule has 0 aliphatic carbocycles. The van der Waals surface area contributed by atoms with E-state index in [2.05, 4.69) is 29.5 Å². The third-order valence-electron chi connectivity index (χ3n) is 3.15. The summed E-state index contributed by atoms with van der Waals surface area (Å²) >= 11 is 1.69. The molecule has 1 rings (SSSR count). The lowest BCUT2D eigenvalue weighted by Crippen LogP contribution is -2.37. The Morgan fingerprint density at radius 1 is 1.29 bits per heavy atom. The fraction of sp³-hybridized carbons (Fsp3) is 0.562. The summed E-state index contributed by atoms with van der Waals surface area (Å²) in [5.74, 6) is 2.09. The van der Waals surface area contributed by atoms with Crippen molar-refractivity contribution in [2.24, 2.45) is 10.9 Å². The minimum absolute atomic E-state index is 0.178. The summed E-state index contributed by atoms with van der Waals surface area (Å²) in [6, 6.07) is 4.97. The van der Waals surface area contributed by atoms with Gasteiger partial charge in [-0.2, -0.15) is 11.8 Å². The SMILES string of the molecule is CN=C(NCCC(C)C)NCc1ccc(F)cc1CSC. The third kappa shape index (κ3) is 6.85. The van der Waals surface area contributed by atoms with Crippen molar-refractivity contribution in [2.45, 2.75) is 32.6 Å². The topological polar surface area (TPSA) is 36.4 Å². The van der Waals surface area contributed by atoms with Crippen molar-refractivity contribution in [3.8, 4) is 0 Å². The molecule has 0 unspecified atom stereocenters. The second kappa shape index (κ2) is 9.66. The van der Waals surface area contributed by atoms with Crippen LogP contribution in [0.4, 0.5) is 4.39 Å². The highest BCUT2D eigenvalue weighted by Crippen LogP contribution is 2.16. The first kappa shape index (κ1) is 17.8. The van der Waals surface area contributed by atoms with Crippen molar-refractivity contribution in [3.63, 3.8) is 0 Å². The molecule has 0 saturated heterocycles. The van der Waals surface area contributed by atoms with Crippen molar-refractivity contribution < 1.29 is 4.39 Å². The van der Waals surface area contributed by atoms with Crippen LogP contribution in [-0.4, -0.2) is 25.8 Å². The molecule has 0 aliphatic rings. The molecule has 1 aromatic carbocycles. The monoisotopic (exact) mass is 311 g/mol. The van der Waals surface area contributed by atoms with Gasteiger partial charge in [0.05, 0.1) is 0 Å². The predicted molar refractivity (Wildman–Crippen MR) is 91.3 cm³/mol. The maximum Gasteiger partial charge on any atom is 0.191 e. The largest absolute Gasteiger partial charge is 0.356 e. The highest BCUT2D eigenvalue weighted by molar-refractivity contribution is 7.97. The molecule has 0 amide bonds. The van der Waals surface area contributed by atoms with Crippen LogP contribution in [0.3, 0.4) is 0 Å². The van der Waals surface area contributed by atoms with E-state index in [-0.39, 0.29) is 5.82 Å². The lowest BCUT2D eigenvalue weighted by molar-refractivity contribution is 0.573. The minimum atomic E-state index is -0.178. The summed E-state index contributed by atoms with van der Waals surface area (Å²) in [5, 5.41) is 6.58. The summed E-state index contributed by atoms with van der Waals surface area (Å²) in [6.07, 6.45) is 3.13. The summed E-state index contributed by atoms with van der Waals surface area (Å²) in [6.45, 7) is 5.95. The number of thioether (sulfide) groups is 1. The average Bonchev–Trinajstić information content (AvgIpc) is 2.44. The summed E-state index contributed by atoms with van der Waals surface area (Å²) < 4.78 is 13.3. The second-order valence-corrected chi connectivity index (χ2v) is 6.25. The number of guanidine groups is 1. The molecule has 1 aromatic rings. The zero-order chi connectivity index (χ0) is 15.7. The Kier molecular flexibility index (Phi) is 8.20. The maximum absolute atomic E-state index is 13.3. The average molecular weight is 311 g/mol. The van der Waals surface area contributed by atoms with Gasteiger partial charge in [-0.05, 0) is 41.9 Å². The number of hydrogen-bond acceptors (Lipinski definition) is 2. The van der Waals surface area contributed by atoms with E-state index >= 15 is 0 Å². The molecular weight excluding hydrogens is 285 g/mol. The van der Waals surface area contributed by atoms with Gasteiger partial charge in [-0.3, -0.25) is 4.99 Å². The van der Waals surface area contributed by atoms with Gasteiger partial charge in [0.1, 0.15) is 5.82 Å². The van der Waals surface area contributed by atoms with Gasteiger partial charge in [0.15, 0.2) is 5.96 Å². The summed E-state index contributed by atoms with van der Waals surface area (Å²) in [7, 11) is 1.76. The van der Waals surface area contributed by atoms with E-state index < -0.39 is 0 Å². The second-order valence-electron chi connectivity index (χ2n) is 5.38. The van der Waals surface area contributed by atoms with Crippen LogP contribution >= 0.6 is 11.8 Å². The van der Waals surface area contributed by atoms with E-state index in [0.717, 1.165) is 35.8 Å². The molecule has 0 heterocycles. The highest BCUT2D eigenvalue weighted by atomic mass is 32.2. The molecule has 0 aliphatic heterocycles. The molecule has 5 heteroatoms. The maximum atomic E-state index is 13.3. The quantitative estimate of drug-likeness (QED) is 0.598. The first-order chi connectivity index (χ1) is 10.1. The van der Waals surface area contributed by atoms with Gasteiger partial charge in [0, 0.05) is 25.9 Å². The van der Waals surface area contributed by atoms with E-state index in [9.17, 15) is 4.39 Å². The number of nitrogens with zero attached hydrogens (tertiary/aromatic N) is 1. The first-order valence-electron chi connectivity index (χ1n) is 7.27. The van der Waals surface area contributed by atoms with Crippen molar-refractivity contribution in [1.29, 1.82) is 0 Å². The molecule has 0 aromatic heterocycles. The van der Waals surface area contributed by atoms with Crippen molar-refractivity contribution in [2.75, 3.05) is 19.8 Å². The zero-order valence-corrected chi connectivity index (χ0v) is 14.2. The summed E-state index contributed by atoms with van der Waals surface area (Å²) in [5.41, 5.74) is 2.14. The lowest BCUT2D eigenvalue weighted by atomic mass is 10.1. The Balaban J connectivity index is 2.56. The molecule has 2 N–H and O–H groups in total. The zero-order valence-electron chi connectivity index (χ0n) is 13.4. The predicted octanol–water partition coefficient (Wildman–Crippen LogP) is 3.40. The van der Waals surface area contributed by atoms with Gasteiger partial charge in [0.25, 0.3) is 0 Å². The van der Waals surface area contributed by atoms with Crippen LogP contribution in [0.15, 0.2) is 23.2 Å². The number of rotatable bonds is 7. The molecule has 118 valence electrons. The molecule has 0 fully saturated rings. The molecule has 0 saturated carbocycles. The van der Waals surface area contributed by atoms with Crippen LogP contribution in [0.1, 0.15) is 31.4 Å². The number of halogens is 1. The Morgan fingerprint density at radius 3 is 2.67 bits per heavy atom. The molecule has 0 spiro atoms. The Labute approximate surface area is 131 Å². The van der Waals surface area contributed by atoms with Gasteiger partial charge in [0.2, 0.25) is 0 Å². The van der Waals surface area contributed by atoms with Crippen LogP contribution < -0.4 is 10.6 Å². The highest BCUT2D eigenvalue weighted by Gasteiger charge is 2.05. The number of benzene rings is 1. The molecular formula is C16H26FN3S. The Bertz CT molecular complexity index is 461. The molecule has 0 radical (unpaired) electrons. The molecule has 21 heavy (non-hydrogen) atoms. The Hall–Kier alpha value is -1.23. The van der Waals surface area contributed by atoms with Gasteiger partial charge >= 0.3 is 0 Å². The van der Waals surface area contributed by atoms with Gasteiger partial charge in [-0.25, -0.2) is 4.39 Å². The molecule has 0 atom stereocenters. The molecule has 3 nitrogen and oxygen atoms in total. The van der Waals surface area contributed by atoms with Crippen LogP contribution in [0.5, 0.6) is 0 Å². The smallest absolute Gasteiger partial charge is 0.191 e. The van der Waals surface area contributed by atoms with Crippen LogP contribution in [-0.2, 0) is 12.3 Å². The van der Waals surface area contributed by atoms with Crippen LogP contribution in [0.2, 0.25) is 0 Å². The standard InChI is InChI=1S/C16H26FN3S/c1-12(2)7-8-19-16(18-3)20-10-13-5-6-15(17)9-14(13)11-21-4/h5-6,9,12H,7-8,10-11H2,1-4H3,(H2,18,19,20). The van der Waals surface area contributed by atoms with Crippen LogP contribution in [0, 0.1) is 11.7 Å². The van der Waals surface area contributed by atoms with E-state index in [4.69, 9.17) is 0 Å². The van der Waals surface area contributed by atoms with Gasteiger partial charge in [-0.15, -0.1) is 0 Å². The Morgan fingerprint density at radius 2 is 2.05 bits per heavy atom. The fourth-order valence-corrected chi connectivity index (χ4v) is 2.52. The van der Waals surface area contributed by atoms with Crippen molar-refractivity contribution in [1.82, 2.24) is 10.6 Å². The van der Waals surface area contributed by atoms with Crippen molar-refractivity contribution >= 4 is 17.7 Å². The van der Waals surface area contributed by atoms with Crippen LogP contribution in [0.25, 0.3) is 0 Å². The van der Waals surface area contributed by atoms with E-state index in [1.807, 2.05) is 12.3 Å². The van der Waals surface area contributed by atoms with Gasteiger partial charge in [-0.1, -0.05) is 19.9 Å². The number of nitrogens with one attached hydrogen (secondary N) is 2. The number of aliphatic imine (C=N–C) groups is 1. The van der Waals surface area contributed by atoms with E-state index in [1.165, 1.54) is 6.07 Å². The lowest BCUT2D eigenvalue weighted by Gasteiger charge is -2.14. The summed E-state index contributed by atoms with van der Waals surface area (Å²) in [4.78, 5) is 4.21. The van der Waals surface area contributed by atoms with E-state index in [0.29, 0.717) is 12.5 Å². The third-order valence-corrected chi connectivity index (χ3v) is 3.75. The number of hydrogen-bond donors (Lipinski definition) is 2. The first-order valence-corrected chi connectivity index (χ1v) is 8.67. The van der Waals surface area contributed by atoms with E-state index in [1.54, 1.807) is 24.9 Å². The van der Waals surface area contributed by atoms with Crippen molar-refractivity contribution in [3.05, 3.63) is 35.1 Å². The minimum Gasteiger partial charge on any atom is -0.356 e. The normalized spacial score (nSPS) is 11.8.